The average Bonchev–Trinajstić information content (AvgIpc) is 2.63. The molecular weight excluding hydrogens is 468 g/mol. The molecule has 0 spiro atoms. The standard InChI is InChI=1S/C10H16N2O8.C8H18O4S/c13-7(14)3-11(4-8(15)16)1-2-12(5-9(17)18)6-10(19)20;1-2-3-4-5-6-7-8-12-13(9,10)11/h1-6H2,(H,13,14)(H,15,16)(H,17,18)(H,19,20);2-8H2,1H3,(H,9,10,11). The lowest BCUT2D eigenvalue weighted by Gasteiger charge is -2.23. The normalized spacial score (nSPS) is 11.2. The third kappa shape index (κ3) is 27.6. The van der Waals surface area contributed by atoms with Crippen molar-refractivity contribution in [2.45, 2.75) is 45.4 Å². The summed E-state index contributed by atoms with van der Waals surface area (Å²) in [5, 5.41) is 34.5. The van der Waals surface area contributed by atoms with Crippen LogP contribution in [-0.2, 0) is 33.8 Å². The molecule has 0 saturated carbocycles. The second-order valence-electron chi connectivity index (χ2n) is 7.01. The molecule has 0 aliphatic heterocycles. The molecule has 0 aliphatic rings. The van der Waals surface area contributed by atoms with Crippen LogP contribution in [0.5, 0.6) is 0 Å². The number of aliphatic carboxylic acids is 4. The Morgan fingerprint density at radius 1 is 0.667 bits per heavy atom. The van der Waals surface area contributed by atoms with Crippen molar-refractivity contribution < 1.29 is 56.8 Å². The maximum atomic E-state index is 10.6. The van der Waals surface area contributed by atoms with E-state index in [2.05, 4.69) is 11.1 Å². The summed E-state index contributed by atoms with van der Waals surface area (Å²) >= 11 is 0. The van der Waals surface area contributed by atoms with Crippen LogP contribution in [0.15, 0.2) is 0 Å². The Labute approximate surface area is 192 Å². The Hall–Kier alpha value is -2.33. The molecule has 33 heavy (non-hydrogen) atoms. The number of carboxylic acid groups (broad SMARTS) is 4. The molecule has 15 heteroatoms. The highest BCUT2D eigenvalue weighted by molar-refractivity contribution is 7.80. The lowest BCUT2D eigenvalue weighted by Crippen LogP contribution is -2.43. The van der Waals surface area contributed by atoms with Gasteiger partial charge in [0.15, 0.2) is 0 Å². The average molecular weight is 503 g/mol. The minimum absolute atomic E-state index is 0.0703. The third-order valence-corrected chi connectivity index (χ3v) is 4.36. The molecule has 0 fully saturated rings. The molecule has 0 aromatic rings. The van der Waals surface area contributed by atoms with Crippen LogP contribution in [0.3, 0.4) is 0 Å². The topological polar surface area (TPSA) is 219 Å². The van der Waals surface area contributed by atoms with Crippen molar-refractivity contribution in [3.63, 3.8) is 0 Å². The minimum Gasteiger partial charge on any atom is -0.480 e. The van der Waals surface area contributed by atoms with Crippen LogP contribution in [0.1, 0.15) is 45.4 Å². The van der Waals surface area contributed by atoms with Gasteiger partial charge in [0.05, 0.1) is 32.8 Å². The zero-order chi connectivity index (χ0) is 25.9. The predicted octanol–water partition coefficient (Wildman–Crippen LogP) is 0.0951. The molecule has 14 nitrogen and oxygen atoms in total. The highest BCUT2D eigenvalue weighted by Gasteiger charge is 2.18. The summed E-state index contributed by atoms with van der Waals surface area (Å²) in [6.45, 7) is -0.0220. The molecule has 0 aliphatic carbocycles. The van der Waals surface area contributed by atoms with Crippen molar-refractivity contribution in [2.75, 3.05) is 45.9 Å². The van der Waals surface area contributed by atoms with Crippen LogP contribution in [0.25, 0.3) is 0 Å². The monoisotopic (exact) mass is 502 g/mol. The molecule has 0 bridgehead atoms. The fourth-order valence-electron chi connectivity index (χ4n) is 2.52. The van der Waals surface area contributed by atoms with Gasteiger partial charge in [-0.2, -0.15) is 8.42 Å². The molecule has 0 aromatic heterocycles. The fourth-order valence-corrected chi connectivity index (χ4v) is 2.85. The zero-order valence-electron chi connectivity index (χ0n) is 18.6. The van der Waals surface area contributed by atoms with Crippen molar-refractivity contribution in [1.29, 1.82) is 0 Å². The van der Waals surface area contributed by atoms with Crippen molar-refractivity contribution in [2.24, 2.45) is 0 Å². The second kappa shape index (κ2) is 19.2. The number of hydrogen-bond acceptors (Lipinski definition) is 9. The molecule has 0 radical (unpaired) electrons. The molecule has 5 N–H and O–H groups in total. The summed E-state index contributed by atoms with van der Waals surface area (Å²) in [6.07, 6.45) is 6.34. The lowest BCUT2D eigenvalue weighted by atomic mass is 10.1. The van der Waals surface area contributed by atoms with E-state index in [9.17, 15) is 27.6 Å². The summed E-state index contributed by atoms with van der Waals surface area (Å²) < 4.78 is 32.6. The number of rotatable bonds is 19. The second-order valence-corrected chi connectivity index (χ2v) is 8.10. The van der Waals surface area contributed by atoms with E-state index in [-0.39, 0.29) is 19.7 Å². The van der Waals surface area contributed by atoms with Crippen molar-refractivity contribution in [3.8, 4) is 0 Å². The van der Waals surface area contributed by atoms with Crippen LogP contribution in [0.4, 0.5) is 0 Å². The molecule has 0 rings (SSSR count). The first-order valence-electron chi connectivity index (χ1n) is 10.2. The maximum absolute atomic E-state index is 10.6. The van der Waals surface area contributed by atoms with Crippen LogP contribution in [0.2, 0.25) is 0 Å². The van der Waals surface area contributed by atoms with E-state index < -0.39 is 60.5 Å². The van der Waals surface area contributed by atoms with Gasteiger partial charge in [-0.05, 0) is 6.42 Å². The molecule has 0 amide bonds. The van der Waals surface area contributed by atoms with Gasteiger partial charge in [0.2, 0.25) is 0 Å². The van der Waals surface area contributed by atoms with E-state index in [0.717, 1.165) is 22.6 Å². The van der Waals surface area contributed by atoms with E-state index in [1.54, 1.807) is 0 Å². The van der Waals surface area contributed by atoms with E-state index in [4.69, 9.17) is 25.0 Å². The Bertz CT molecular complexity index is 631. The fraction of sp³-hybridized carbons (Fsp3) is 0.778. The van der Waals surface area contributed by atoms with E-state index in [0.29, 0.717) is 6.42 Å². The summed E-state index contributed by atoms with van der Waals surface area (Å²) in [4.78, 5) is 44.4. The molecular formula is C18H34N2O12S. The van der Waals surface area contributed by atoms with Gasteiger partial charge in [0.1, 0.15) is 0 Å². The molecule has 0 heterocycles. The number of hydrogen-bond donors (Lipinski definition) is 5. The first-order chi connectivity index (χ1) is 15.3. The lowest BCUT2D eigenvalue weighted by molar-refractivity contribution is -0.145. The smallest absolute Gasteiger partial charge is 0.397 e. The molecule has 0 atom stereocenters. The van der Waals surface area contributed by atoms with Gasteiger partial charge in [-0.1, -0.05) is 39.0 Å². The van der Waals surface area contributed by atoms with Crippen LogP contribution in [0, 0.1) is 0 Å². The summed E-state index contributed by atoms with van der Waals surface area (Å²) in [5.74, 6) is -4.91. The van der Waals surface area contributed by atoms with Crippen molar-refractivity contribution >= 4 is 34.3 Å². The summed E-state index contributed by atoms with van der Waals surface area (Å²) in [5.41, 5.74) is 0. The number of carboxylic acids is 4. The maximum Gasteiger partial charge on any atom is 0.397 e. The Morgan fingerprint density at radius 2 is 1.00 bits per heavy atom. The van der Waals surface area contributed by atoms with Gasteiger partial charge in [-0.15, -0.1) is 0 Å². The Kier molecular flexibility index (Phi) is 19.1. The quantitative estimate of drug-likeness (QED) is 0.117. The first-order valence-corrected chi connectivity index (χ1v) is 11.6. The van der Waals surface area contributed by atoms with Gasteiger partial charge < -0.3 is 20.4 Å². The highest BCUT2D eigenvalue weighted by atomic mass is 32.3. The zero-order valence-corrected chi connectivity index (χ0v) is 19.4. The van der Waals surface area contributed by atoms with Crippen LogP contribution < -0.4 is 0 Å². The van der Waals surface area contributed by atoms with Gasteiger partial charge in [0.25, 0.3) is 0 Å². The molecule has 0 unspecified atom stereocenters. The summed E-state index contributed by atoms with van der Waals surface area (Å²) in [7, 11) is -4.22. The van der Waals surface area contributed by atoms with Crippen molar-refractivity contribution in [1.82, 2.24) is 9.80 Å². The van der Waals surface area contributed by atoms with Crippen LogP contribution >= 0.6 is 0 Å². The Morgan fingerprint density at radius 3 is 1.30 bits per heavy atom. The Balaban J connectivity index is 0. The highest BCUT2D eigenvalue weighted by Crippen LogP contribution is 2.05. The SMILES string of the molecule is CCCCCCCCOS(=O)(=O)O.O=C(O)CN(CCN(CC(=O)O)CC(=O)O)CC(=O)O. The van der Waals surface area contributed by atoms with Gasteiger partial charge in [-0.3, -0.25) is 33.5 Å². The van der Waals surface area contributed by atoms with Gasteiger partial charge >= 0.3 is 34.3 Å². The largest absolute Gasteiger partial charge is 0.480 e. The van der Waals surface area contributed by atoms with E-state index in [1.807, 2.05) is 0 Å². The predicted molar refractivity (Wildman–Crippen MR) is 114 cm³/mol. The molecule has 0 aromatic carbocycles. The van der Waals surface area contributed by atoms with Gasteiger partial charge in [-0.25, -0.2) is 4.18 Å². The van der Waals surface area contributed by atoms with E-state index >= 15 is 0 Å². The summed E-state index contributed by atoms with van der Waals surface area (Å²) in [6, 6.07) is 0. The van der Waals surface area contributed by atoms with Crippen LogP contribution in [-0.4, -0.2) is 113 Å². The molecule has 194 valence electrons. The number of nitrogens with zero attached hydrogens (tertiary/aromatic N) is 2. The van der Waals surface area contributed by atoms with Gasteiger partial charge in [0, 0.05) is 13.1 Å². The number of carbonyl (C=O) groups is 4. The van der Waals surface area contributed by atoms with Crippen molar-refractivity contribution in [3.05, 3.63) is 0 Å². The third-order valence-electron chi connectivity index (χ3n) is 3.90. The first kappa shape index (κ1) is 32.8. The molecule has 0 saturated heterocycles. The minimum atomic E-state index is -4.22. The van der Waals surface area contributed by atoms with E-state index in [1.165, 1.54) is 19.3 Å². The number of unbranched alkanes of at least 4 members (excludes halogenated alkanes) is 5.